The number of hydrogen-bond acceptors (Lipinski definition) is 4. The van der Waals surface area contributed by atoms with Gasteiger partial charge in [0.15, 0.2) is 0 Å². The highest BCUT2D eigenvalue weighted by Crippen LogP contribution is 2.29. The van der Waals surface area contributed by atoms with Crippen molar-refractivity contribution in [2.24, 2.45) is 0 Å². The van der Waals surface area contributed by atoms with Crippen LogP contribution in [0.3, 0.4) is 0 Å². The fourth-order valence-corrected chi connectivity index (χ4v) is 1.17. The van der Waals surface area contributed by atoms with Crippen LogP contribution in [0.25, 0.3) is 0 Å². The van der Waals surface area contributed by atoms with E-state index in [2.05, 4.69) is 10.6 Å². The Balaban J connectivity index is 3.30. The average molecular weight is 196 g/mol. The van der Waals surface area contributed by atoms with Gasteiger partial charge in [-0.15, -0.1) is 0 Å². The summed E-state index contributed by atoms with van der Waals surface area (Å²) in [5, 5.41) is 23.8. The Hall–Kier alpha value is -1.91. The minimum atomic E-state index is -1.15. The molecule has 0 aliphatic carbocycles. The van der Waals surface area contributed by atoms with Crippen molar-refractivity contribution in [2.75, 3.05) is 24.7 Å². The minimum Gasteiger partial charge on any atom is -0.507 e. The smallest absolute Gasteiger partial charge is 0.339 e. The molecule has 0 saturated carbocycles. The van der Waals surface area contributed by atoms with E-state index in [0.29, 0.717) is 11.4 Å². The molecule has 0 bridgehead atoms. The maximum Gasteiger partial charge on any atom is 0.339 e. The number of phenols is 1. The van der Waals surface area contributed by atoms with E-state index in [1.165, 1.54) is 12.1 Å². The topological polar surface area (TPSA) is 81.6 Å². The van der Waals surface area contributed by atoms with Gasteiger partial charge in [0, 0.05) is 20.2 Å². The van der Waals surface area contributed by atoms with Gasteiger partial charge in [-0.05, 0) is 6.07 Å². The lowest BCUT2D eigenvalue weighted by atomic mass is 10.1. The molecule has 76 valence electrons. The highest BCUT2D eigenvalue weighted by atomic mass is 16.4. The molecule has 0 spiro atoms. The molecule has 1 rings (SSSR count). The van der Waals surface area contributed by atoms with Crippen molar-refractivity contribution in [3.05, 3.63) is 17.7 Å². The van der Waals surface area contributed by atoms with E-state index in [9.17, 15) is 9.90 Å². The molecule has 0 fully saturated rings. The second-order valence-corrected chi connectivity index (χ2v) is 2.72. The molecule has 5 nitrogen and oxygen atoms in total. The Morgan fingerprint density at radius 3 is 2.14 bits per heavy atom. The zero-order valence-electron chi connectivity index (χ0n) is 7.96. The summed E-state index contributed by atoms with van der Waals surface area (Å²) in [5.41, 5.74) is 1.16. The van der Waals surface area contributed by atoms with E-state index in [1.807, 2.05) is 0 Å². The van der Waals surface area contributed by atoms with E-state index >= 15 is 0 Å². The standard InChI is InChI=1S/C9H12N2O3/c1-10-6-3-5(9(13)14)8(12)4-7(6)11-2/h3-4,10-12H,1-2H3,(H,13,14). The Bertz CT molecular complexity index is 363. The van der Waals surface area contributed by atoms with Crippen molar-refractivity contribution in [3.63, 3.8) is 0 Å². The first-order chi connectivity index (χ1) is 6.60. The third kappa shape index (κ3) is 1.71. The normalized spacial score (nSPS) is 9.57. The van der Waals surface area contributed by atoms with Gasteiger partial charge in [-0.3, -0.25) is 0 Å². The number of aromatic hydroxyl groups is 1. The second-order valence-electron chi connectivity index (χ2n) is 2.72. The van der Waals surface area contributed by atoms with Crippen molar-refractivity contribution in [3.8, 4) is 5.75 Å². The molecular weight excluding hydrogens is 184 g/mol. The Morgan fingerprint density at radius 2 is 1.71 bits per heavy atom. The third-order valence-corrected chi connectivity index (χ3v) is 1.90. The fourth-order valence-electron chi connectivity index (χ4n) is 1.17. The van der Waals surface area contributed by atoms with Crippen LogP contribution in [0, 0.1) is 0 Å². The van der Waals surface area contributed by atoms with Crippen molar-refractivity contribution < 1.29 is 15.0 Å². The molecule has 0 saturated heterocycles. The number of benzene rings is 1. The van der Waals surface area contributed by atoms with E-state index in [4.69, 9.17) is 5.11 Å². The SMILES string of the molecule is CNc1cc(O)c(C(=O)O)cc1NC. The van der Waals surface area contributed by atoms with Crippen LogP contribution in [0.5, 0.6) is 5.75 Å². The molecule has 14 heavy (non-hydrogen) atoms. The van der Waals surface area contributed by atoms with Crippen LogP contribution in [0.15, 0.2) is 12.1 Å². The summed E-state index contributed by atoms with van der Waals surface area (Å²) in [5.74, 6) is -1.40. The first-order valence-electron chi connectivity index (χ1n) is 4.06. The number of aromatic carboxylic acids is 1. The van der Waals surface area contributed by atoms with Crippen LogP contribution in [-0.4, -0.2) is 30.3 Å². The van der Waals surface area contributed by atoms with Gasteiger partial charge in [0.1, 0.15) is 11.3 Å². The van der Waals surface area contributed by atoms with Gasteiger partial charge in [-0.25, -0.2) is 4.79 Å². The molecule has 0 amide bonds. The first kappa shape index (κ1) is 10.2. The number of anilines is 2. The van der Waals surface area contributed by atoms with Gasteiger partial charge in [0.05, 0.1) is 11.4 Å². The summed E-state index contributed by atoms with van der Waals surface area (Å²) in [6, 6.07) is 2.75. The van der Waals surface area contributed by atoms with Gasteiger partial charge in [0.2, 0.25) is 0 Å². The van der Waals surface area contributed by atoms with Crippen molar-refractivity contribution >= 4 is 17.3 Å². The maximum atomic E-state index is 10.7. The number of hydrogen-bond donors (Lipinski definition) is 4. The lowest BCUT2D eigenvalue weighted by molar-refractivity contribution is 0.0694. The molecule has 1 aromatic carbocycles. The van der Waals surface area contributed by atoms with E-state index in [-0.39, 0.29) is 11.3 Å². The molecule has 0 heterocycles. The van der Waals surface area contributed by atoms with Crippen LogP contribution in [0.1, 0.15) is 10.4 Å². The third-order valence-electron chi connectivity index (χ3n) is 1.90. The largest absolute Gasteiger partial charge is 0.507 e. The number of carboxylic acids is 1. The zero-order chi connectivity index (χ0) is 10.7. The minimum absolute atomic E-state index is 0.117. The molecule has 1 aromatic rings. The molecular formula is C9H12N2O3. The van der Waals surface area contributed by atoms with Gasteiger partial charge in [0.25, 0.3) is 0 Å². The monoisotopic (exact) mass is 196 g/mol. The summed E-state index contributed by atoms with van der Waals surface area (Å²) in [4.78, 5) is 10.7. The zero-order valence-corrected chi connectivity index (χ0v) is 7.96. The molecule has 4 N–H and O–H groups in total. The number of nitrogens with one attached hydrogen (secondary N) is 2. The maximum absolute atomic E-state index is 10.7. The van der Waals surface area contributed by atoms with Crippen molar-refractivity contribution in [1.29, 1.82) is 0 Å². The molecule has 0 aromatic heterocycles. The fraction of sp³-hybridized carbons (Fsp3) is 0.222. The molecule has 0 radical (unpaired) electrons. The van der Waals surface area contributed by atoms with Crippen LogP contribution in [0.2, 0.25) is 0 Å². The summed E-state index contributed by atoms with van der Waals surface area (Å²) in [7, 11) is 3.37. The van der Waals surface area contributed by atoms with E-state index < -0.39 is 5.97 Å². The van der Waals surface area contributed by atoms with E-state index in [0.717, 1.165) is 0 Å². The molecule has 5 heteroatoms. The summed E-state index contributed by atoms with van der Waals surface area (Å²) in [6.07, 6.45) is 0. The summed E-state index contributed by atoms with van der Waals surface area (Å²) in [6.45, 7) is 0. The van der Waals surface area contributed by atoms with Gasteiger partial charge < -0.3 is 20.8 Å². The molecule has 0 aliphatic rings. The predicted molar refractivity (Wildman–Crippen MR) is 54.2 cm³/mol. The average Bonchev–Trinajstić information content (AvgIpc) is 2.16. The Morgan fingerprint density at radius 1 is 1.21 bits per heavy atom. The van der Waals surface area contributed by atoms with Gasteiger partial charge >= 0.3 is 5.97 Å². The van der Waals surface area contributed by atoms with Crippen molar-refractivity contribution in [1.82, 2.24) is 0 Å². The number of carbonyl (C=O) groups is 1. The highest BCUT2D eigenvalue weighted by Gasteiger charge is 2.12. The Kier molecular flexibility index (Phi) is 2.81. The first-order valence-corrected chi connectivity index (χ1v) is 4.06. The van der Waals surface area contributed by atoms with E-state index in [1.54, 1.807) is 14.1 Å². The van der Waals surface area contributed by atoms with Crippen LogP contribution in [0.4, 0.5) is 11.4 Å². The van der Waals surface area contributed by atoms with Crippen LogP contribution >= 0.6 is 0 Å². The summed E-state index contributed by atoms with van der Waals surface area (Å²) < 4.78 is 0. The van der Waals surface area contributed by atoms with Crippen LogP contribution < -0.4 is 10.6 Å². The lowest BCUT2D eigenvalue weighted by Gasteiger charge is -2.10. The van der Waals surface area contributed by atoms with Crippen molar-refractivity contribution in [2.45, 2.75) is 0 Å². The predicted octanol–water partition coefficient (Wildman–Crippen LogP) is 1.17. The number of rotatable bonds is 3. The highest BCUT2D eigenvalue weighted by molar-refractivity contribution is 5.94. The Labute approximate surface area is 81.4 Å². The van der Waals surface area contributed by atoms with Gasteiger partial charge in [-0.1, -0.05) is 0 Å². The van der Waals surface area contributed by atoms with Gasteiger partial charge in [-0.2, -0.15) is 0 Å². The molecule has 0 atom stereocenters. The molecule has 0 aliphatic heterocycles. The number of carboxylic acid groups (broad SMARTS) is 1. The second kappa shape index (κ2) is 3.87. The lowest BCUT2D eigenvalue weighted by Crippen LogP contribution is -2.02. The quantitative estimate of drug-likeness (QED) is 0.546. The summed E-state index contributed by atoms with van der Waals surface area (Å²) >= 11 is 0. The molecule has 0 unspecified atom stereocenters. The van der Waals surface area contributed by atoms with Crippen LogP contribution in [-0.2, 0) is 0 Å².